The van der Waals surface area contributed by atoms with Crippen LogP contribution in [0, 0.1) is 11.8 Å². The van der Waals surface area contributed by atoms with Crippen LogP contribution in [-0.2, 0) is 4.74 Å². The highest BCUT2D eigenvalue weighted by atomic mass is 35.5. The molecule has 15 heavy (non-hydrogen) atoms. The molecule has 0 aromatic carbocycles. The Bertz CT molecular complexity index is 206. The maximum absolute atomic E-state index is 5.69. The molecule has 88 valence electrons. The average Bonchev–Trinajstić information content (AvgIpc) is 2.14. The minimum Gasteiger partial charge on any atom is -0.464 e. The summed E-state index contributed by atoms with van der Waals surface area (Å²) in [5.41, 5.74) is 2.97. The predicted octanol–water partition coefficient (Wildman–Crippen LogP) is 5.26. The number of ether oxygens (including phenoxy) is 1. The molecule has 0 aromatic heterocycles. The van der Waals surface area contributed by atoms with E-state index in [1.54, 1.807) is 0 Å². The molecule has 0 saturated carbocycles. The molecule has 0 saturated heterocycles. The van der Waals surface area contributed by atoms with E-state index in [1.807, 2.05) is 0 Å². The van der Waals surface area contributed by atoms with E-state index in [-0.39, 0.29) is 0 Å². The van der Waals surface area contributed by atoms with Crippen molar-refractivity contribution in [3.63, 3.8) is 0 Å². The third kappa shape index (κ3) is 7.75. The zero-order valence-electron chi connectivity index (χ0n) is 9.89. The van der Waals surface area contributed by atoms with Crippen LogP contribution >= 0.6 is 23.2 Å². The van der Waals surface area contributed by atoms with Crippen molar-refractivity contribution in [3.8, 4) is 0 Å². The Kier molecular flexibility index (Phi) is 7.99. The van der Waals surface area contributed by atoms with E-state index in [0.717, 1.165) is 24.4 Å². The molecule has 0 spiro atoms. The van der Waals surface area contributed by atoms with Gasteiger partial charge in [0.1, 0.15) is 11.5 Å². The summed E-state index contributed by atoms with van der Waals surface area (Å²) >= 11 is 11.4. The van der Waals surface area contributed by atoms with E-state index < -0.39 is 0 Å². The van der Waals surface area contributed by atoms with Gasteiger partial charge >= 0.3 is 0 Å². The third-order valence-corrected chi connectivity index (χ3v) is 2.21. The molecular formula is C12H20Cl2O. The van der Waals surface area contributed by atoms with Crippen LogP contribution < -0.4 is 0 Å². The Balaban J connectivity index is 4.27. The molecule has 3 heteroatoms. The first kappa shape index (κ1) is 14.9. The van der Waals surface area contributed by atoms with Crippen molar-refractivity contribution >= 4 is 23.2 Å². The van der Waals surface area contributed by atoms with Crippen LogP contribution in [0.2, 0.25) is 0 Å². The fraction of sp³-hybridized carbons (Fsp3) is 0.667. The van der Waals surface area contributed by atoms with Gasteiger partial charge in [-0.25, -0.2) is 0 Å². The summed E-state index contributed by atoms with van der Waals surface area (Å²) in [6.45, 7) is 8.49. The zero-order valence-corrected chi connectivity index (χ0v) is 11.4. The van der Waals surface area contributed by atoms with Gasteiger partial charge in [-0.1, -0.05) is 50.9 Å². The first-order chi connectivity index (χ1) is 6.99. The first-order valence-electron chi connectivity index (χ1n) is 5.26. The fourth-order valence-electron chi connectivity index (χ4n) is 1.19. The molecule has 0 unspecified atom stereocenters. The molecule has 0 heterocycles. The van der Waals surface area contributed by atoms with Crippen molar-refractivity contribution in [1.82, 2.24) is 0 Å². The highest BCUT2D eigenvalue weighted by Gasteiger charge is 2.07. The molecule has 0 bridgehead atoms. The van der Waals surface area contributed by atoms with Gasteiger partial charge in [-0.05, 0) is 11.8 Å². The van der Waals surface area contributed by atoms with Gasteiger partial charge in [0.2, 0.25) is 0 Å². The Morgan fingerprint density at radius 2 is 1.27 bits per heavy atom. The summed E-state index contributed by atoms with van der Waals surface area (Å²) < 4.78 is 5.63. The molecule has 0 N–H and O–H groups in total. The largest absolute Gasteiger partial charge is 0.464 e. The second kappa shape index (κ2) is 8.06. The van der Waals surface area contributed by atoms with Crippen molar-refractivity contribution in [2.24, 2.45) is 11.8 Å². The Morgan fingerprint density at radius 3 is 1.47 bits per heavy atom. The van der Waals surface area contributed by atoms with Gasteiger partial charge in [-0.3, -0.25) is 0 Å². The number of rotatable bonds is 6. The number of halogens is 2. The molecule has 0 aliphatic heterocycles. The fourth-order valence-corrected chi connectivity index (χ4v) is 1.46. The Labute approximate surface area is 103 Å². The van der Waals surface area contributed by atoms with E-state index in [0.29, 0.717) is 11.8 Å². The molecule has 0 atom stereocenters. The summed E-state index contributed by atoms with van der Waals surface area (Å²) in [6.07, 6.45) is 1.66. The van der Waals surface area contributed by atoms with E-state index >= 15 is 0 Å². The minimum absolute atomic E-state index is 0.519. The monoisotopic (exact) mass is 250 g/mol. The lowest BCUT2D eigenvalue weighted by Gasteiger charge is -2.15. The molecule has 0 radical (unpaired) electrons. The second-order valence-corrected chi connectivity index (χ2v) is 4.89. The maximum atomic E-state index is 5.69. The van der Waals surface area contributed by atoms with Gasteiger partial charge in [0.25, 0.3) is 0 Å². The van der Waals surface area contributed by atoms with Crippen LogP contribution in [0.5, 0.6) is 0 Å². The summed E-state index contributed by atoms with van der Waals surface area (Å²) in [5, 5.41) is 0. The topological polar surface area (TPSA) is 9.23 Å². The molecule has 0 fully saturated rings. The molecule has 0 aliphatic carbocycles. The van der Waals surface area contributed by atoms with Crippen molar-refractivity contribution in [3.05, 3.63) is 22.6 Å². The average molecular weight is 251 g/mol. The highest BCUT2D eigenvalue weighted by Crippen LogP contribution is 2.21. The smallest absolute Gasteiger partial charge is 0.115 e. The van der Waals surface area contributed by atoms with Gasteiger partial charge in [0.05, 0.1) is 0 Å². The molecule has 0 rings (SSSR count). The number of allylic oxidation sites excluding steroid dienone is 2. The van der Waals surface area contributed by atoms with Gasteiger partial charge < -0.3 is 4.74 Å². The van der Waals surface area contributed by atoms with Crippen LogP contribution in [0.4, 0.5) is 0 Å². The quantitative estimate of drug-likeness (QED) is 0.585. The van der Waals surface area contributed by atoms with Crippen LogP contribution in [0.15, 0.2) is 22.6 Å². The molecule has 0 aliphatic rings. The van der Waals surface area contributed by atoms with Gasteiger partial charge in [0, 0.05) is 23.9 Å². The Morgan fingerprint density at radius 1 is 0.933 bits per heavy atom. The minimum atomic E-state index is 0.519. The van der Waals surface area contributed by atoms with Gasteiger partial charge in [-0.2, -0.15) is 0 Å². The van der Waals surface area contributed by atoms with E-state index in [9.17, 15) is 0 Å². The van der Waals surface area contributed by atoms with Crippen molar-refractivity contribution < 1.29 is 4.74 Å². The van der Waals surface area contributed by atoms with E-state index in [4.69, 9.17) is 27.9 Å². The maximum Gasteiger partial charge on any atom is 0.115 e. The first-order valence-corrected chi connectivity index (χ1v) is 6.13. The summed E-state index contributed by atoms with van der Waals surface area (Å²) in [7, 11) is 0. The number of hydrogen-bond donors (Lipinski definition) is 0. The van der Waals surface area contributed by atoms with E-state index in [1.165, 1.54) is 11.1 Å². The second-order valence-electron chi connectivity index (χ2n) is 4.45. The zero-order chi connectivity index (χ0) is 11.8. The molecular weight excluding hydrogens is 231 g/mol. The summed E-state index contributed by atoms with van der Waals surface area (Å²) in [5.74, 6) is 2.59. The molecule has 1 nitrogen and oxygen atoms in total. The van der Waals surface area contributed by atoms with Crippen LogP contribution in [-0.4, -0.2) is 0 Å². The summed E-state index contributed by atoms with van der Waals surface area (Å²) in [6, 6.07) is 0. The molecule has 0 aromatic rings. The lowest BCUT2D eigenvalue weighted by atomic mass is 10.1. The molecule has 0 amide bonds. The van der Waals surface area contributed by atoms with Gasteiger partial charge in [-0.15, -0.1) is 0 Å². The van der Waals surface area contributed by atoms with Crippen molar-refractivity contribution in [2.45, 2.75) is 40.5 Å². The van der Waals surface area contributed by atoms with Crippen LogP contribution in [0.25, 0.3) is 0 Å². The third-order valence-electron chi connectivity index (χ3n) is 1.72. The van der Waals surface area contributed by atoms with Crippen molar-refractivity contribution in [1.29, 1.82) is 0 Å². The van der Waals surface area contributed by atoms with Gasteiger partial charge in [0.15, 0.2) is 0 Å². The predicted molar refractivity (Wildman–Crippen MR) is 67.9 cm³/mol. The van der Waals surface area contributed by atoms with Crippen LogP contribution in [0.1, 0.15) is 40.5 Å². The normalized spacial score (nSPS) is 13.9. The Hall–Kier alpha value is -0.140. The standard InChI is InChI=1S/C12H20Cl2O/c1-9(2)5-11(7-13)15-12(8-14)6-10(3)4/h7-10H,5-6H2,1-4H3. The highest BCUT2D eigenvalue weighted by molar-refractivity contribution is 6.26. The SMILES string of the molecule is CC(C)CC(=CCl)OC(=CCl)CC(C)C. The van der Waals surface area contributed by atoms with E-state index in [2.05, 4.69) is 27.7 Å². The lowest BCUT2D eigenvalue weighted by molar-refractivity contribution is 0.257. The summed E-state index contributed by atoms with van der Waals surface area (Å²) in [4.78, 5) is 0. The van der Waals surface area contributed by atoms with Crippen LogP contribution in [0.3, 0.4) is 0 Å². The number of hydrogen-bond acceptors (Lipinski definition) is 1. The lowest BCUT2D eigenvalue weighted by Crippen LogP contribution is -2.00. The van der Waals surface area contributed by atoms with Crippen molar-refractivity contribution in [2.75, 3.05) is 0 Å².